The van der Waals surface area contributed by atoms with Crippen LogP contribution in [-0.2, 0) is 0 Å². The van der Waals surface area contributed by atoms with Crippen molar-refractivity contribution in [2.75, 3.05) is 22.1 Å². The number of hydrogen-bond acceptors (Lipinski definition) is 9. The molecular formula is C19H20N4O5. The highest BCUT2D eigenvalue weighted by Crippen LogP contribution is 2.44. The third-order valence-corrected chi connectivity index (χ3v) is 4.27. The summed E-state index contributed by atoms with van der Waals surface area (Å²) >= 11 is 0. The zero-order chi connectivity index (χ0) is 20.6. The minimum Gasteiger partial charge on any atom is -0.508 e. The van der Waals surface area contributed by atoms with E-state index in [4.69, 9.17) is 11.5 Å². The van der Waals surface area contributed by atoms with Crippen molar-refractivity contribution in [2.45, 2.75) is 6.92 Å². The van der Waals surface area contributed by atoms with Crippen LogP contribution < -0.4 is 22.1 Å². The summed E-state index contributed by atoms with van der Waals surface area (Å²) in [6.07, 6.45) is 0. The number of nitrogen functional groups attached to an aromatic ring is 2. The number of aromatic hydroxyl groups is 5. The first-order valence-electron chi connectivity index (χ1n) is 8.17. The average Bonchev–Trinajstić information content (AvgIpc) is 2.66. The van der Waals surface area contributed by atoms with Crippen LogP contribution in [0.25, 0.3) is 0 Å². The van der Waals surface area contributed by atoms with Crippen LogP contribution >= 0.6 is 0 Å². The van der Waals surface area contributed by atoms with Crippen LogP contribution in [-0.4, -0.2) is 25.5 Å². The standard InChI is InChI=1S/C19H20N4O5/c1-8-14(24)4-2-10(17(8)26)22-12-6-9(20)7-13(18(12)27)23-11-3-5-15(25)16(21)19(11)28/h2-7,22-28H,20-21H2,1H3. The Morgan fingerprint density at radius 3 is 1.71 bits per heavy atom. The molecule has 3 aromatic rings. The second-order valence-electron chi connectivity index (χ2n) is 6.22. The topological polar surface area (TPSA) is 177 Å². The number of nitrogens with one attached hydrogen (secondary N) is 2. The highest BCUT2D eigenvalue weighted by molar-refractivity contribution is 5.85. The Morgan fingerprint density at radius 2 is 1.14 bits per heavy atom. The van der Waals surface area contributed by atoms with Gasteiger partial charge in [-0.3, -0.25) is 0 Å². The van der Waals surface area contributed by atoms with E-state index in [0.29, 0.717) is 0 Å². The minimum atomic E-state index is -0.386. The first kappa shape index (κ1) is 18.6. The van der Waals surface area contributed by atoms with Gasteiger partial charge in [-0.1, -0.05) is 0 Å². The lowest BCUT2D eigenvalue weighted by Gasteiger charge is -2.17. The maximum atomic E-state index is 10.6. The van der Waals surface area contributed by atoms with Crippen LogP contribution in [0.3, 0.4) is 0 Å². The summed E-state index contributed by atoms with van der Waals surface area (Å²) in [6.45, 7) is 1.54. The number of nitrogens with two attached hydrogens (primary N) is 2. The fourth-order valence-electron chi connectivity index (χ4n) is 2.63. The van der Waals surface area contributed by atoms with Gasteiger partial charge in [0.05, 0.1) is 22.7 Å². The molecule has 0 unspecified atom stereocenters. The van der Waals surface area contributed by atoms with Crippen LogP contribution in [0.2, 0.25) is 0 Å². The molecule has 0 saturated heterocycles. The molecule has 3 aromatic carbocycles. The second-order valence-corrected chi connectivity index (χ2v) is 6.22. The largest absolute Gasteiger partial charge is 0.508 e. The van der Waals surface area contributed by atoms with Crippen molar-refractivity contribution < 1.29 is 25.5 Å². The highest BCUT2D eigenvalue weighted by atomic mass is 16.3. The molecule has 0 aliphatic heterocycles. The lowest BCUT2D eigenvalue weighted by molar-refractivity contribution is 0.444. The van der Waals surface area contributed by atoms with Crippen LogP contribution in [0.4, 0.5) is 34.1 Å². The molecule has 0 aromatic heterocycles. The summed E-state index contributed by atoms with van der Waals surface area (Å²) < 4.78 is 0. The van der Waals surface area contributed by atoms with Crippen molar-refractivity contribution in [3.63, 3.8) is 0 Å². The summed E-state index contributed by atoms with van der Waals surface area (Å²) in [5, 5.41) is 55.7. The maximum Gasteiger partial charge on any atom is 0.166 e. The van der Waals surface area contributed by atoms with Crippen molar-refractivity contribution in [1.82, 2.24) is 0 Å². The Labute approximate surface area is 160 Å². The van der Waals surface area contributed by atoms with E-state index >= 15 is 0 Å². The van der Waals surface area contributed by atoms with Crippen molar-refractivity contribution in [3.05, 3.63) is 42.0 Å². The summed E-state index contributed by atoms with van der Waals surface area (Å²) in [4.78, 5) is 0. The molecule has 28 heavy (non-hydrogen) atoms. The van der Waals surface area contributed by atoms with Crippen molar-refractivity contribution in [3.8, 4) is 28.7 Å². The maximum absolute atomic E-state index is 10.6. The van der Waals surface area contributed by atoms with Crippen LogP contribution in [0.15, 0.2) is 36.4 Å². The third-order valence-electron chi connectivity index (χ3n) is 4.27. The fourth-order valence-corrected chi connectivity index (χ4v) is 2.63. The van der Waals surface area contributed by atoms with E-state index < -0.39 is 0 Å². The number of anilines is 6. The van der Waals surface area contributed by atoms with Gasteiger partial charge in [0.2, 0.25) is 0 Å². The number of phenols is 5. The lowest BCUT2D eigenvalue weighted by atomic mass is 10.1. The van der Waals surface area contributed by atoms with Crippen molar-refractivity contribution >= 4 is 34.1 Å². The lowest BCUT2D eigenvalue weighted by Crippen LogP contribution is -1.99. The zero-order valence-corrected chi connectivity index (χ0v) is 14.9. The van der Waals surface area contributed by atoms with Gasteiger partial charge in [0.1, 0.15) is 22.9 Å². The molecule has 0 aliphatic carbocycles. The van der Waals surface area contributed by atoms with E-state index in [1.54, 1.807) is 6.92 Å². The zero-order valence-electron chi connectivity index (χ0n) is 14.9. The molecule has 9 heteroatoms. The van der Waals surface area contributed by atoms with E-state index in [1.807, 2.05) is 0 Å². The Balaban J connectivity index is 1.99. The summed E-state index contributed by atoms with van der Waals surface area (Å²) in [5.74, 6) is -1.16. The summed E-state index contributed by atoms with van der Waals surface area (Å²) in [6, 6.07) is 8.40. The van der Waals surface area contributed by atoms with Crippen LogP contribution in [0, 0.1) is 6.92 Å². The molecule has 11 N–H and O–H groups in total. The SMILES string of the molecule is Cc1c(O)ccc(Nc2cc(N)cc(Nc3ccc(O)c(N)c3O)c2O)c1O. The predicted molar refractivity (Wildman–Crippen MR) is 108 cm³/mol. The Morgan fingerprint density at radius 1 is 0.643 bits per heavy atom. The number of rotatable bonds is 4. The third kappa shape index (κ3) is 3.28. The van der Waals surface area contributed by atoms with E-state index in [1.165, 1.54) is 36.4 Å². The molecule has 3 rings (SSSR count). The quantitative estimate of drug-likeness (QED) is 0.186. The van der Waals surface area contributed by atoms with E-state index in [2.05, 4.69) is 10.6 Å². The van der Waals surface area contributed by atoms with Crippen molar-refractivity contribution in [2.24, 2.45) is 0 Å². The molecule has 0 heterocycles. The molecule has 0 radical (unpaired) electrons. The van der Waals surface area contributed by atoms with Crippen LogP contribution in [0.1, 0.15) is 5.56 Å². The number of phenolic OH excluding ortho intramolecular Hbond substituents is 5. The van der Waals surface area contributed by atoms with Gasteiger partial charge in [-0.25, -0.2) is 0 Å². The van der Waals surface area contributed by atoms with Crippen molar-refractivity contribution in [1.29, 1.82) is 0 Å². The Bertz CT molecular complexity index is 988. The van der Waals surface area contributed by atoms with Gasteiger partial charge in [-0.05, 0) is 43.3 Å². The molecule has 146 valence electrons. The fraction of sp³-hybridized carbons (Fsp3) is 0.0526. The smallest absolute Gasteiger partial charge is 0.166 e. The van der Waals surface area contributed by atoms with Gasteiger partial charge >= 0.3 is 0 Å². The van der Waals surface area contributed by atoms with Gasteiger partial charge in [-0.15, -0.1) is 0 Å². The first-order valence-corrected chi connectivity index (χ1v) is 8.17. The van der Waals surface area contributed by atoms with Gasteiger partial charge in [0.25, 0.3) is 0 Å². The van der Waals surface area contributed by atoms with E-state index in [0.717, 1.165) is 0 Å². The molecule has 0 atom stereocenters. The molecule has 0 spiro atoms. The summed E-state index contributed by atoms with van der Waals surface area (Å²) in [7, 11) is 0. The monoisotopic (exact) mass is 384 g/mol. The molecule has 0 bridgehead atoms. The average molecular weight is 384 g/mol. The molecule has 0 saturated carbocycles. The number of hydrogen-bond donors (Lipinski definition) is 9. The highest BCUT2D eigenvalue weighted by Gasteiger charge is 2.16. The van der Waals surface area contributed by atoms with Gasteiger partial charge in [0, 0.05) is 11.3 Å². The Kier molecular flexibility index (Phi) is 4.58. The molecule has 0 fully saturated rings. The molecule has 0 amide bonds. The van der Waals surface area contributed by atoms with Crippen LogP contribution in [0.5, 0.6) is 28.7 Å². The van der Waals surface area contributed by atoms with E-state index in [9.17, 15) is 25.5 Å². The Hall–Kier alpha value is -4.14. The summed E-state index contributed by atoms with van der Waals surface area (Å²) in [5.41, 5.74) is 12.6. The number of benzene rings is 3. The van der Waals surface area contributed by atoms with E-state index in [-0.39, 0.29) is 68.4 Å². The van der Waals surface area contributed by atoms with Gasteiger partial charge in [-0.2, -0.15) is 0 Å². The molecule has 9 nitrogen and oxygen atoms in total. The van der Waals surface area contributed by atoms with Gasteiger partial charge < -0.3 is 47.6 Å². The predicted octanol–water partition coefficient (Wildman–Crippen LogP) is 3.17. The minimum absolute atomic E-state index is 0.0670. The second kappa shape index (κ2) is 6.88. The molecular weight excluding hydrogens is 364 g/mol. The first-order chi connectivity index (χ1) is 13.2. The normalized spacial score (nSPS) is 10.6. The molecule has 0 aliphatic rings. The van der Waals surface area contributed by atoms with Gasteiger partial charge in [0.15, 0.2) is 11.5 Å².